The minimum atomic E-state index is -4.91. The molecule has 0 spiro atoms. The van der Waals surface area contributed by atoms with E-state index in [1.165, 1.54) is 12.1 Å². The normalized spacial score (nSPS) is 13.6. The molecule has 0 amide bonds. The minimum Gasteiger partial charge on any atom is -0.378 e. The third-order valence-electron chi connectivity index (χ3n) is 3.07. The molecule has 6 heteroatoms. The second-order valence-corrected chi connectivity index (χ2v) is 8.59. The Bertz CT molecular complexity index is 577. The summed E-state index contributed by atoms with van der Waals surface area (Å²) in [5.74, 6) is -3.64. The van der Waals surface area contributed by atoms with Crippen LogP contribution in [0.5, 0.6) is 5.75 Å². The molecule has 0 unspecified atom stereocenters. The van der Waals surface area contributed by atoms with Crippen molar-refractivity contribution in [2.75, 3.05) is 0 Å². The van der Waals surface area contributed by atoms with E-state index in [2.05, 4.69) is 4.18 Å². The molecule has 0 fully saturated rings. The maximum Gasteiger partial charge on any atom is 0.372 e. The van der Waals surface area contributed by atoms with Crippen LogP contribution in [-0.2, 0) is 20.9 Å². The first-order valence-corrected chi connectivity index (χ1v) is 8.08. The van der Waals surface area contributed by atoms with Crippen LogP contribution < -0.4 is 4.18 Å². The summed E-state index contributed by atoms with van der Waals surface area (Å²) in [6.07, 6.45) is 0. The van der Waals surface area contributed by atoms with Gasteiger partial charge in [0.2, 0.25) is 0 Å². The lowest BCUT2D eigenvalue weighted by Crippen LogP contribution is -2.20. The maximum absolute atomic E-state index is 12.5. The van der Waals surface area contributed by atoms with Crippen molar-refractivity contribution in [1.82, 2.24) is 0 Å². The average Bonchev–Trinajstić information content (AvgIpc) is 2.25. The Labute approximate surface area is 125 Å². The summed E-state index contributed by atoms with van der Waals surface area (Å²) in [7, 11) is -4.91. The van der Waals surface area contributed by atoms with Crippen molar-refractivity contribution >= 4 is 10.1 Å². The van der Waals surface area contributed by atoms with Gasteiger partial charge >= 0.3 is 15.9 Å². The van der Waals surface area contributed by atoms with Gasteiger partial charge in [0.25, 0.3) is 0 Å². The van der Waals surface area contributed by atoms with Crippen LogP contribution in [0.25, 0.3) is 0 Å². The Hall–Kier alpha value is -1.17. The van der Waals surface area contributed by atoms with Gasteiger partial charge in [-0.05, 0) is 34.1 Å². The lowest BCUT2D eigenvalue weighted by molar-refractivity contribution is 0.219. The lowest BCUT2D eigenvalue weighted by atomic mass is 9.80. The third-order valence-corrected chi connectivity index (χ3v) is 3.93. The molecular formula is C15H22F2O3S. The van der Waals surface area contributed by atoms with E-state index in [0.717, 1.165) is 11.1 Å². The molecule has 0 bridgehead atoms. The summed E-state index contributed by atoms with van der Waals surface area (Å²) in [5, 5.41) is 0. The van der Waals surface area contributed by atoms with Crippen molar-refractivity contribution in [3.8, 4) is 5.75 Å². The molecule has 1 aromatic rings. The van der Waals surface area contributed by atoms with E-state index in [1.54, 1.807) is 0 Å². The Balaban J connectivity index is 3.40. The van der Waals surface area contributed by atoms with Crippen LogP contribution in [0.1, 0.15) is 52.7 Å². The van der Waals surface area contributed by atoms with Gasteiger partial charge in [-0.2, -0.15) is 17.2 Å². The summed E-state index contributed by atoms with van der Waals surface area (Å²) < 4.78 is 52.0. The highest BCUT2D eigenvalue weighted by Crippen LogP contribution is 2.33. The highest BCUT2D eigenvalue weighted by Gasteiger charge is 2.28. The molecule has 1 aromatic carbocycles. The highest BCUT2D eigenvalue weighted by molar-refractivity contribution is 7.87. The molecule has 0 heterocycles. The summed E-state index contributed by atoms with van der Waals surface area (Å²) in [5.41, 5.74) is 1.14. The van der Waals surface area contributed by atoms with E-state index >= 15 is 0 Å². The van der Waals surface area contributed by atoms with Crippen molar-refractivity contribution in [3.05, 3.63) is 29.3 Å². The fourth-order valence-corrected chi connectivity index (χ4v) is 2.12. The maximum atomic E-state index is 12.5. The van der Waals surface area contributed by atoms with Gasteiger partial charge in [-0.15, -0.1) is 0 Å². The first kappa shape index (κ1) is 17.9. The summed E-state index contributed by atoms with van der Waals surface area (Å²) in [4.78, 5) is 0. The van der Waals surface area contributed by atoms with Gasteiger partial charge in [0.05, 0.1) is 0 Å². The molecule has 120 valence electrons. The number of halogens is 2. The number of hydrogen-bond acceptors (Lipinski definition) is 3. The number of hydrogen-bond donors (Lipinski definition) is 0. The largest absolute Gasteiger partial charge is 0.378 e. The van der Waals surface area contributed by atoms with Gasteiger partial charge in [0, 0.05) is 0 Å². The standard InChI is InChI=1S/C15H22F2O3S/c1-14(2,3)10-7-11(15(4,5)6)9-12(8-10)20-21(18,19)13(16)17/h7-9,13H,1-6H3. The van der Waals surface area contributed by atoms with Crippen molar-refractivity contribution in [2.45, 2.75) is 58.1 Å². The number of benzene rings is 1. The Morgan fingerprint density at radius 3 is 1.57 bits per heavy atom. The minimum absolute atomic E-state index is 0.0762. The fourth-order valence-electron chi connectivity index (χ4n) is 1.68. The van der Waals surface area contributed by atoms with Gasteiger partial charge in [0.1, 0.15) is 5.75 Å². The molecule has 0 atom stereocenters. The van der Waals surface area contributed by atoms with Gasteiger partial charge in [-0.25, -0.2) is 0 Å². The van der Waals surface area contributed by atoms with E-state index in [1.807, 2.05) is 47.6 Å². The molecule has 0 aromatic heterocycles. The van der Waals surface area contributed by atoms with Crippen LogP contribution in [-0.4, -0.2) is 14.2 Å². The molecule has 0 N–H and O–H groups in total. The van der Waals surface area contributed by atoms with Crippen LogP contribution in [0.15, 0.2) is 18.2 Å². The quantitative estimate of drug-likeness (QED) is 0.783. The van der Waals surface area contributed by atoms with E-state index in [0.29, 0.717) is 0 Å². The molecule has 0 aliphatic rings. The van der Waals surface area contributed by atoms with Crippen molar-refractivity contribution < 1.29 is 21.4 Å². The van der Waals surface area contributed by atoms with Gasteiger partial charge in [-0.3, -0.25) is 0 Å². The lowest BCUT2D eigenvalue weighted by Gasteiger charge is -2.25. The third kappa shape index (κ3) is 4.66. The Morgan fingerprint density at radius 2 is 1.29 bits per heavy atom. The SMILES string of the molecule is CC(C)(C)c1cc(OS(=O)(=O)C(F)F)cc(C(C)(C)C)c1. The van der Waals surface area contributed by atoms with Gasteiger partial charge in [-0.1, -0.05) is 47.6 Å². The summed E-state index contributed by atoms with van der Waals surface area (Å²) >= 11 is 0. The van der Waals surface area contributed by atoms with Gasteiger partial charge < -0.3 is 4.18 Å². The zero-order valence-corrected chi connectivity index (χ0v) is 14.0. The Kier molecular flexibility index (Phi) is 4.73. The predicted octanol–water partition coefficient (Wildman–Crippen LogP) is 4.21. The zero-order valence-electron chi connectivity index (χ0n) is 13.2. The van der Waals surface area contributed by atoms with Gasteiger partial charge in [0.15, 0.2) is 0 Å². The first-order chi connectivity index (χ1) is 9.23. The number of rotatable bonds is 3. The first-order valence-electron chi connectivity index (χ1n) is 6.61. The summed E-state index contributed by atoms with van der Waals surface area (Å²) in [6, 6.07) is 4.94. The van der Waals surface area contributed by atoms with Crippen molar-refractivity contribution in [3.63, 3.8) is 0 Å². The molecule has 1 rings (SSSR count). The summed E-state index contributed by atoms with van der Waals surface area (Å²) in [6.45, 7) is 11.8. The second-order valence-electron chi connectivity index (χ2n) is 7.08. The van der Waals surface area contributed by atoms with Crippen LogP contribution >= 0.6 is 0 Å². The fraction of sp³-hybridized carbons (Fsp3) is 0.600. The highest BCUT2D eigenvalue weighted by atomic mass is 32.2. The smallest absolute Gasteiger partial charge is 0.372 e. The Morgan fingerprint density at radius 1 is 0.905 bits per heavy atom. The van der Waals surface area contributed by atoms with Crippen LogP contribution in [0.2, 0.25) is 0 Å². The predicted molar refractivity (Wildman–Crippen MR) is 79.4 cm³/mol. The van der Waals surface area contributed by atoms with E-state index in [4.69, 9.17) is 0 Å². The van der Waals surface area contributed by atoms with Crippen molar-refractivity contribution in [2.24, 2.45) is 0 Å². The second kappa shape index (κ2) is 5.55. The topological polar surface area (TPSA) is 43.4 Å². The molecule has 0 aliphatic carbocycles. The van der Waals surface area contributed by atoms with Crippen LogP contribution in [0, 0.1) is 0 Å². The molecule has 0 saturated carbocycles. The molecule has 21 heavy (non-hydrogen) atoms. The number of alkyl halides is 2. The molecule has 0 radical (unpaired) electrons. The molecule has 0 saturated heterocycles. The van der Waals surface area contributed by atoms with Crippen LogP contribution in [0.4, 0.5) is 8.78 Å². The van der Waals surface area contributed by atoms with Crippen LogP contribution in [0.3, 0.4) is 0 Å². The monoisotopic (exact) mass is 320 g/mol. The molecular weight excluding hydrogens is 298 g/mol. The molecule has 3 nitrogen and oxygen atoms in total. The van der Waals surface area contributed by atoms with E-state index in [-0.39, 0.29) is 16.6 Å². The zero-order chi connectivity index (χ0) is 16.6. The van der Waals surface area contributed by atoms with E-state index in [9.17, 15) is 17.2 Å². The molecule has 0 aliphatic heterocycles. The average molecular weight is 320 g/mol. The van der Waals surface area contributed by atoms with Crippen molar-refractivity contribution in [1.29, 1.82) is 0 Å². The van der Waals surface area contributed by atoms with E-state index < -0.39 is 15.9 Å².